The first-order valence-corrected chi connectivity index (χ1v) is 8.88. The zero-order valence-corrected chi connectivity index (χ0v) is 15.5. The molecule has 138 valence electrons. The fraction of sp³-hybridized carbons (Fsp3) is 0.0870. The van der Waals surface area contributed by atoms with Crippen LogP contribution in [0.5, 0.6) is 11.6 Å². The van der Waals surface area contributed by atoms with Gasteiger partial charge in [-0.05, 0) is 49.8 Å². The van der Waals surface area contributed by atoms with Crippen molar-refractivity contribution in [3.63, 3.8) is 0 Å². The standard InChI is InChI=1S/C23H18N2O3/c1-15-5-9-17(10-6-15)14-20-23(26)28-22(25-20)19-4-3-13-24-21(19)27-18-11-7-16(2)8-12-18/h3-14H,1-2H3/b20-14+. The van der Waals surface area contributed by atoms with Gasteiger partial charge in [0.1, 0.15) is 5.75 Å². The minimum atomic E-state index is -0.499. The minimum absolute atomic E-state index is 0.179. The Hall–Kier alpha value is -3.73. The van der Waals surface area contributed by atoms with Gasteiger partial charge in [0.2, 0.25) is 11.8 Å². The molecular formula is C23H18N2O3. The number of benzene rings is 2. The second kappa shape index (κ2) is 7.48. The lowest BCUT2D eigenvalue weighted by Gasteiger charge is -2.09. The number of hydrogen-bond acceptors (Lipinski definition) is 5. The van der Waals surface area contributed by atoms with E-state index in [1.54, 1.807) is 24.4 Å². The number of pyridine rings is 1. The molecule has 0 aliphatic carbocycles. The second-order valence-corrected chi connectivity index (χ2v) is 6.52. The summed E-state index contributed by atoms with van der Waals surface area (Å²) in [6.45, 7) is 4.01. The first-order valence-electron chi connectivity index (χ1n) is 8.88. The van der Waals surface area contributed by atoms with Crippen molar-refractivity contribution in [1.82, 2.24) is 4.98 Å². The number of cyclic esters (lactones) is 1. The molecule has 0 fully saturated rings. The molecule has 4 rings (SSSR count). The van der Waals surface area contributed by atoms with E-state index in [2.05, 4.69) is 9.98 Å². The van der Waals surface area contributed by atoms with E-state index in [1.807, 2.05) is 62.4 Å². The predicted molar refractivity (Wildman–Crippen MR) is 107 cm³/mol. The molecular weight excluding hydrogens is 352 g/mol. The van der Waals surface area contributed by atoms with Gasteiger partial charge < -0.3 is 9.47 Å². The molecule has 28 heavy (non-hydrogen) atoms. The molecule has 1 aliphatic rings. The fourth-order valence-electron chi connectivity index (χ4n) is 2.70. The van der Waals surface area contributed by atoms with E-state index in [-0.39, 0.29) is 11.6 Å². The first kappa shape index (κ1) is 17.7. The molecule has 0 saturated carbocycles. The molecule has 0 bridgehead atoms. The highest BCUT2D eigenvalue weighted by molar-refractivity contribution is 6.13. The molecule has 0 unspecified atom stereocenters. The van der Waals surface area contributed by atoms with Crippen LogP contribution in [0.1, 0.15) is 22.3 Å². The SMILES string of the molecule is Cc1ccc(/C=C2/N=C(c3cccnc3Oc3ccc(C)cc3)OC2=O)cc1. The van der Waals surface area contributed by atoms with E-state index in [9.17, 15) is 4.79 Å². The number of rotatable bonds is 4. The average molecular weight is 370 g/mol. The normalized spacial score (nSPS) is 14.7. The first-order chi connectivity index (χ1) is 13.6. The molecule has 0 N–H and O–H groups in total. The van der Waals surface area contributed by atoms with Crippen molar-refractivity contribution in [2.45, 2.75) is 13.8 Å². The predicted octanol–water partition coefficient (Wildman–Crippen LogP) is 4.84. The Kier molecular flexibility index (Phi) is 4.72. The number of aromatic nitrogens is 1. The topological polar surface area (TPSA) is 60.8 Å². The third kappa shape index (κ3) is 3.83. The van der Waals surface area contributed by atoms with Crippen LogP contribution in [0, 0.1) is 13.8 Å². The Morgan fingerprint density at radius 1 is 0.929 bits per heavy atom. The van der Waals surface area contributed by atoms with Crippen LogP contribution in [0.25, 0.3) is 6.08 Å². The highest BCUT2D eigenvalue weighted by Gasteiger charge is 2.27. The molecule has 5 nitrogen and oxygen atoms in total. The van der Waals surface area contributed by atoms with E-state index in [0.717, 1.165) is 16.7 Å². The molecule has 5 heteroatoms. The van der Waals surface area contributed by atoms with Crippen molar-refractivity contribution in [3.05, 3.63) is 94.8 Å². The van der Waals surface area contributed by atoms with Crippen LogP contribution in [0.3, 0.4) is 0 Å². The summed E-state index contributed by atoms with van der Waals surface area (Å²) in [4.78, 5) is 20.9. The Balaban J connectivity index is 1.65. The van der Waals surface area contributed by atoms with Crippen molar-refractivity contribution >= 4 is 17.9 Å². The average Bonchev–Trinajstić information content (AvgIpc) is 3.06. The quantitative estimate of drug-likeness (QED) is 0.487. The smallest absolute Gasteiger partial charge is 0.363 e. The van der Waals surface area contributed by atoms with Crippen molar-refractivity contribution in [1.29, 1.82) is 0 Å². The van der Waals surface area contributed by atoms with Gasteiger partial charge in [-0.1, -0.05) is 47.5 Å². The maximum absolute atomic E-state index is 12.3. The number of esters is 1. The number of hydrogen-bond donors (Lipinski definition) is 0. The molecule has 2 aromatic carbocycles. The number of aliphatic imine (C=N–C) groups is 1. The van der Waals surface area contributed by atoms with Crippen LogP contribution >= 0.6 is 0 Å². The summed E-state index contributed by atoms with van der Waals surface area (Å²) < 4.78 is 11.3. The van der Waals surface area contributed by atoms with Crippen LogP contribution in [-0.2, 0) is 9.53 Å². The van der Waals surface area contributed by atoms with Crippen LogP contribution in [0.2, 0.25) is 0 Å². The third-order valence-corrected chi connectivity index (χ3v) is 4.24. The summed E-state index contributed by atoms with van der Waals surface area (Å²) in [7, 11) is 0. The van der Waals surface area contributed by atoms with Gasteiger partial charge in [-0.25, -0.2) is 14.8 Å². The summed E-state index contributed by atoms with van der Waals surface area (Å²) >= 11 is 0. The molecule has 0 amide bonds. The van der Waals surface area contributed by atoms with E-state index >= 15 is 0 Å². The molecule has 3 aromatic rings. The van der Waals surface area contributed by atoms with E-state index in [1.165, 1.54) is 0 Å². The third-order valence-electron chi connectivity index (χ3n) is 4.24. The lowest BCUT2D eigenvalue weighted by molar-refractivity contribution is -0.129. The molecule has 0 saturated heterocycles. The van der Waals surface area contributed by atoms with Gasteiger partial charge in [-0.3, -0.25) is 0 Å². The van der Waals surface area contributed by atoms with E-state index < -0.39 is 5.97 Å². The number of carbonyl (C=O) groups excluding carboxylic acids is 1. The maximum atomic E-state index is 12.3. The summed E-state index contributed by atoms with van der Waals surface area (Å²) in [6, 6.07) is 18.9. The lowest BCUT2D eigenvalue weighted by atomic mass is 10.1. The van der Waals surface area contributed by atoms with Crippen molar-refractivity contribution in [3.8, 4) is 11.6 Å². The summed E-state index contributed by atoms with van der Waals surface area (Å²) in [5, 5.41) is 0. The van der Waals surface area contributed by atoms with Crippen LogP contribution in [-0.4, -0.2) is 16.9 Å². The van der Waals surface area contributed by atoms with E-state index in [0.29, 0.717) is 17.2 Å². The summed E-state index contributed by atoms with van der Waals surface area (Å²) in [5.74, 6) is 0.652. The van der Waals surface area contributed by atoms with Gasteiger partial charge in [-0.2, -0.15) is 0 Å². The highest BCUT2D eigenvalue weighted by Crippen LogP contribution is 2.27. The van der Waals surface area contributed by atoms with Gasteiger partial charge >= 0.3 is 5.97 Å². The Bertz CT molecular complexity index is 1080. The Morgan fingerprint density at radius 2 is 1.61 bits per heavy atom. The van der Waals surface area contributed by atoms with Crippen LogP contribution in [0.15, 0.2) is 77.5 Å². The highest BCUT2D eigenvalue weighted by atomic mass is 16.6. The summed E-state index contributed by atoms with van der Waals surface area (Å²) in [6.07, 6.45) is 3.32. The van der Waals surface area contributed by atoms with Crippen molar-refractivity contribution < 1.29 is 14.3 Å². The van der Waals surface area contributed by atoms with Crippen LogP contribution in [0.4, 0.5) is 0 Å². The largest absolute Gasteiger partial charge is 0.438 e. The number of carbonyl (C=O) groups is 1. The molecule has 0 radical (unpaired) electrons. The monoisotopic (exact) mass is 370 g/mol. The summed E-state index contributed by atoms with van der Waals surface area (Å²) in [5.41, 5.74) is 3.92. The molecule has 1 aromatic heterocycles. The molecule has 0 atom stereocenters. The number of nitrogens with zero attached hydrogens (tertiary/aromatic N) is 2. The zero-order valence-electron chi connectivity index (χ0n) is 15.5. The lowest BCUT2D eigenvalue weighted by Crippen LogP contribution is -2.07. The van der Waals surface area contributed by atoms with Gasteiger partial charge in [0.05, 0.1) is 5.56 Å². The van der Waals surface area contributed by atoms with Crippen molar-refractivity contribution in [2.24, 2.45) is 4.99 Å². The van der Waals surface area contributed by atoms with Gasteiger partial charge in [0.15, 0.2) is 5.70 Å². The molecule has 0 spiro atoms. The second-order valence-electron chi connectivity index (χ2n) is 6.52. The zero-order chi connectivity index (χ0) is 19.5. The maximum Gasteiger partial charge on any atom is 0.363 e. The Labute approximate surface area is 163 Å². The van der Waals surface area contributed by atoms with Gasteiger partial charge in [0, 0.05) is 6.20 Å². The molecule has 1 aliphatic heterocycles. The van der Waals surface area contributed by atoms with Crippen LogP contribution < -0.4 is 4.74 Å². The number of aryl methyl sites for hydroxylation is 2. The minimum Gasteiger partial charge on any atom is -0.438 e. The molecule has 2 heterocycles. The van der Waals surface area contributed by atoms with E-state index in [4.69, 9.17) is 9.47 Å². The van der Waals surface area contributed by atoms with Crippen molar-refractivity contribution in [2.75, 3.05) is 0 Å². The Morgan fingerprint density at radius 3 is 2.32 bits per heavy atom. The fourth-order valence-corrected chi connectivity index (χ4v) is 2.70. The van der Waals surface area contributed by atoms with Gasteiger partial charge in [-0.15, -0.1) is 0 Å². The number of ether oxygens (including phenoxy) is 2. The van der Waals surface area contributed by atoms with Gasteiger partial charge in [0.25, 0.3) is 0 Å².